The van der Waals surface area contributed by atoms with Gasteiger partial charge in [-0.05, 0) is 18.2 Å². The number of H-pyrrole nitrogens is 1. The van der Waals surface area contributed by atoms with E-state index in [1.807, 2.05) is 24.3 Å². The van der Waals surface area contributed by atoms with Gasteiger partial charge in [-0.15, -0.1) is 0 Å². The summed E-state index contributed by atoms with van der Waals surface area (Å²) in [5, 5.41) is 3.63. The summed E-state index contributed by atoms with van der Waals surface area (Å²) in [5.41, 5.74) is 3.30. The first-order valence-electron chi connectivity index (χ1n) is 8.52. The van der Waals surface area contributed by atoms with Crippen molar-refractivity contribution in [1.82, 2.24) is 15.2 Å². The van der Waals surface area contributed by atoms with Gasteiger partial charge >= 0.3 is 0 Å². The highest BCUT2D eigenvalue weighted by Gasteiger charge is 2.24. The van der Waals surface area contributed by atoms with Crippen LogP contribution in [0.4, 0.5) is 4.39 Å². The van der Waals surface area contributed by atoms with Crippen LogP contribution >= 0.6 is 0 Å². The van der Waals surface area contributed by atoms with Crippen molar-refractivity contribution in [1.29, 1.82) is 0 Å². The zero-order valence-corrected chi connectivity index (χ0v) is 14.1. The van der Waals surface area contributed by atoms with Gasteiger partial charge in [-0.25, -0.2) is 4.39 Å². The van der Waals surface area contributed by atoms with Crippen molar-refractivity contribution in [2.24, 2.45) is 0 Å². The Labute approximate surface area is 149 Å². The molecule has 0 radical (unpaired) electrons. The Morgan fingerprint density at radius 1 is 1.12 bits per heavy atom. The SMILES string of the molecule is O=C(NCC(=O)N1CCc2[nH]c3ccccc3c2C1)c1ccccc1F. The van der Waals surface area contributed by atoms with E-state index in [1.54, 1.807) is 11.0 Å². The summed E-state index contributed by atoms with van der Waals surface area (Å²) in [6.07, 6.45) is 0.747. The highest BCUT2D eigenvalue weighted by atomic mass is 19.1. The third-order valence-electron chi connectivity index (χ3n) is 4.75. The van der Waals surface area contributed by atoms with E-state index in [0.29, 0.717) is 13.1 Å². The van der Waals surface area contributed by atoms with Gasteiger partial charge < -0.3 is 15.2 Å². The summed E-state index contributed by atoms with van der Waals surface area (Å²) in [4.78, 5) is 29.7. The summed E-state index contributed by atoms with van der Waals surface area (Å²) in [6.45, 7) is 0.951. The maximum atomic E-state index is 13.6. The minimum Gasteiger partial charge on any atom is -0.358 e. The number of carbonyl (C=O) groups is 2. The van der Waals surface area contributed by atoms with Crippen molar-refractivity contribution in [3.05, 3.63) is 71.2 Å². The summed E-state index contributed by atoms with van der Waals surface area (Å²) < 4.78 is 13.6. The number of carbonyl (C=O) groups excluding carboxylic acids is 2. The van der Waals surface area contributed by atoms with Crippen molar-refractivity contribution in [3.63, 3.8) is 0 Å². The quantitative estimate of drug-likeness (QED) is 0.762. The molecule has 0 aliphatic carbocycles. The number of aromatic nitrogens is 1. The molecule has 2 heterocycles. The summed E-state index contributed by atoms with van der Waals surface area (Å²) in [6, 6.07) is 13.7. The lowest BCUT2D eigenvalue weighted by atomic mass is 10.0. The third-order valence-corrected chi connectivity index (χ3v) is 4.75. The maximum absolute atomic E-state index is 13.6. The molecule has 1 aromatic heterocycles. The molecule has 0 fully saturated rings. The number of rotatable bonds is 3. The first-order valence-corrected chi connectivity index (χ1v) is 8.52. The van der Waals surface area contributed by atoms with Crippen LogP contribution in [-0.4, -0.2) is 34.8 Å². The van der Waals surface area contributed by atoms with Crippen LogP contribution in [0.5, 0.6) is 0 Å². The Morgan fingerprint density at radius 2 is 1.88 bits per heavy atom. The van der Waals surface area contributed by atoms with Gasteiger partial charge in [0.05, 0.1) is 12.1 Å². The first kappa shape index (κ1) is 16.3. The minimum absolute atomic E-state index is 0.0575. The molecule has 0 unspecified atom stereocenters. The Balaban J connectivity index is 1.43. The number of nitrogens with zero attached hydrogens (tertiary/aromatic N) is 1. The number of hydrogen-bond donors (Lipinski definition) is 2. The van der Waals surface area contributed by atoms with E-state index in [4.69, 9.17) is 0 Å². The van der Waals surface area contributed by atoms with Crippen molar-refractivity contribution in [2.75, 3.05) is 13.1 Å². The van der Waals surface area contributed by atoms with Crippen LogP contribution in [0, 0.1) is 5.82 Å². The normalized spacial score (nSPS) is 13.5. The van der Waals surface area contributed by atoms with E-state index in [1.165, 1.54) is 18.2 Å². The third kappa shape index (κ3) is 2.94. The molecule has 2 amide bonds. The Kier molecular flexibility index (Phi) is 4.16. The Morgan fingerprint density at radius 3 is 2.73 bits per heavy atom. The molecule has 0 saturated heterocycles. The second-order valence-corrected chi connectivity index (χ2v) is 6.36. The number of amides is 2. The number of fused-ring (bicyclic) bond motifs is 3. The van der Waals surface area contributed by atoms with Crippen LogP contribution in [-0.2, 0) is 17.8 Å². The van der Waals surface area contributed by atoms with Gasteiger partial charge in [0.25, 0.3) is 5.91 Å². The van der Waals surface area contributed by atoms with E-state index in [0.717, 1.165) is 28.6 Å². The van der Waals surface area contributed by atoms with Crippen LogP contribution in [0.15, 0.2) is 48.5 Å². The molecule has 2 N–H and O–H groups in total. The van der Waals surface area contributed by atoms with E-state index in [9.17, 15) is 14.0 Å². The van der Waals surface area contributed by atoms with E-state index < -0.39 is 11.7 Å². The molecule has 1 aliphatic heterocycles. The zero-order valence-electron chi connectivity index (χ0n) is 14.1. The van der Waals surface area contributed by atoms with Crippen LogP contribution in [0.25, 0.3) is 10.9 Å². The number of halogens is 1. The molecule has 26 heavy (non-hydrogen) atoms. The molecule has 1 aliphatic rings. The highest BCUT2D eigenvalue weighted by Crippen LogP contribution is 2.27. The zero-order chi connectivity index (χ0) is 18.1. The molecule has 0 spiro atoms. The Bertz CT molecular complexity index is 996. The van der Waals surface area contributed by atoms with Gasteiger partial charge in [0.2, 0.25) is 5.91 Å². The van der Waals surface area contributed by atoms with E-state index >= 15 is 0 Å². The van der Waals surface area contributed by atoms with Crippen LogP contribution in [0.1, 0.15) is 21.6 Å². The molecule has 4 rings (SSSR count). The monoisotopic (exact) mass is 351 g/mol. The number of benzene rings is 2. The van der Waals surface area contributed by atoms with Crippen molar-refractivity contribution >= 4 is 22.7 Å². The summed E-state index contributed by atoms with van der Waals surface area (Å²) >= 11 is 0. The fraction of sp³-hybridized carbons (Fsp3) is 0.200. The molecule has 3 aromatic rings. The van der Waals surface area contributed by atoms with Crippen LogP contribution in [0.2, 0.25) is 0 Å². The lowest BCUT2D eigenvalue weighted by molar-refractivity contribution is -0.131. The van der Waals surface area contributed by atoms with E-state index in [-0.39, 0.29) is 18.0 Å². The lowest BCUT2D eigenvalue weighted by Gasteiger charge is -2.27. The van der Waals surface area contributed by atoms with Gasteiger partial charge in [0, 0.05) is 41.7 Å². The number of para-hydroxylation sites is 1. The molecule has 5 nitrogen and oxygen atoms in total. The number of hydrogen-bond acceptors (Lipinski definition) is 2. The van der Waals surface area contributed by atoms with Gasteiger partial charge in [-0.3, -0.25) is 9.59 Å². The highest BCUT2D eigenvalue weighted by molar-refractivity contribution is 5.96. The van der Waals surface area contributed by atoms with Crippen molar-refractivity contribution in [3.8, 4) is 0 Å². The molecular formula is C20H18FN3O2. The number of nitrogens with one attached hydrogen (secondary N) is 2. The second-order valence-electron chi connectivity index (χ2n) is 6.36. The molecular weight excluding hydrogens is 333 g/mol. The van der Waals surface area contributed by atoms with Gasteiger partial charge in [-0.1, -0.05) is 30.3 Å². The smallest absolute Gasteiger partial charge is 0.254 e. The topological polar surface area (TPSA) is 65.2 Å². The predicted molar refractivity (Wildman–Crippen MR) is 96.2 cm³/mol. The molecule has 0 atom stereocenters. The standard InChI is InChI=1S/C20H18FN3O2/c21-16-7-3-1-6-14(16)20(26)22-11-19(25)24-10-9-18-15(12-24)13-5-2-4-8-17(13)23-18/h1-8,23H,9-12H2,(H,22,26). The van der Waals surface area contributed by atoms with E-state index in [2.05, 4.69) is 10.3 Å². The Hall–Kier alpha value is -3.15. The van der Waals surface area contributed by atoms with Crippen LogP contribution < -0.4 is 5.32 Å². The van der Waals surface area contributed by atoms with Gasteiger partial charge in [-0.2, -0.15) is 0 Å². The number of aromatic amines is 1. The molecule has 132 valence electrons. The van der Waals surface area contributed by atoms with Crippen molar-refractivity contribution < 1.29 is 14.0 Å². The fourth-order valence-corrected chi connectivity index (χ4v) is 3.39. The molecule has 6 heteroatoms. The molecule has 0 saturated carbocycles. The van der Waals surface area contributed by atoms with Gasteiger partial charge in [0.15, 0.2) is 0 Å². The second kappa shape index (κ2) is 6.63. The average molecular weight is 351 g/mol. The average Bonchev–Trinajstić information content (AvgIpc) is 3.04. The maximum Gasteiger partial charge on any atom is 0.254 e. The first-order chi connectivity index (χ1) is 12.6. The van der Waals surface area contributed by atoms with Gasteiger partial charge in [0.1, 0.15) is 5.82 Å². The molecule has 0 bridgehead atoms. The lowest BCUT2D eigenvalue weighted by Crippen LogP contribution is -2.42. The summed E-state index contributed by atoms with van der Waals surface area (Å²) in [5.74, 6) is -1.36. The summed E-state index contributed by atoms with van der Waals surface area (Å²) in [7, 11) is 0. The molecule has 2 aromatic carbocycles. The van der Waals surface area contributed by atoms with Crippen LogP contribution in [0.3, 0.4) is 0 Å². The fourth-order valence-electron chi connectivity index (χ4n) is 3.39. The largest absolute Gasteiger partial charge is 0.358 e. The predicted octanol–water partition coefficient (Wildman–Crippen LogP) is 2.62. The minimum atomic E-state index is -0.598. The van der Waals surface area contributed by atoms with Crippen molar-refractivity contribution in [2.45, 2.75) is 13.0 Å².